The standard InChI is InChI=1S/C14H7F3N2O5/c15-14(16,17)13(20)18-8-2-1-3-10-12(8)24-9-5-4-7(19(21)22)6-11(9)23-10/h1-6H,(H,18,20). The van der Waals surface area contributed by atoms with Gasteiger partial charge in [-0.05, 0) is 18.2 Å². The van der Waals surface area contributed by atoms with Crippen LogP contribution in [0, 0.1) is 10.1 Å². The van der Waals surface area contributed by atoms with Crippen molar-refractivity contribution in [1.29, 1.82) is 0 Å². The van der Waals surface area contributed by atoms with Gasteiger partial charge in [0.15, 0.2) is 23.0 Å². The smallest absolute Gasteiger partial charge is 0.449 e. The molecule has 24 heavy (non-hydrogen) atoms. The zero-order chi connectivity index (χ0) is 17.5. The van der Waals surface area contributed by atoms with Crippen molar-refractivity contribution in [2.75, 3.05) is 5.32 Å². The summed E-state index contributed by atoms with van der Waals surface area (Å²) in [6.07, 6.45) is -5.06. The summed E-state index contributed by atoms with van der Waals surface area (Å²) in [6, 6.07) is 7.47. The third-order valence-electron chi connectivity index (χ3n) is 3.05. The molecule has 1 aliphatic rings. The summed E-state index contributed by atoms with van der Waals surface area (Å²) in [5.74, 6) is -2.16. The maximum absolute atomic E-state index is 12.4. The molecule has 3 rings (SSSR count). The van der Waals surface area contributed by atoms with Gasteiger partial charge in [0.25, 0.3) is 5.69 Å². The molecular formula is C14H7F3N2O5. The van der Waals surface area contributed by atoms with Crippen LogP contribution < -0.4 is 14.8 Å². The van der Waals surface area contributed by atoms with Crippen LogP contribution in [0.4, 0.5) is 24.5 Å². The fraction of sp³-hybridized carbons (Fsp3) is 0.0714. The normalized spacial score (nSPS) is 12.3. The minimum absolute atomic E-state index is 0.0166. The van der Waals surface area contributed by atoms with Crippen LogP contribution in [0.2, 0.25) is 0 Å². The lowest BCUT2D eigenvalue weighted by atomic mass is 10.2. The van der Waals surface area contributed by atoms with Crippen molar-refractivity contribution < 1.29 is 32.4 Å². The lowest BCUT2D eigenvalue weighted by Crippen LogP contribution is -2.30. The van der Waals surface area contributed by atoms with Crippen molar-refractivity contribution in [3.05, 3.63) is 46.5 Å². The SMILES string of the molecule is O=C(Nc1cccc2c1Oc1ccc([N+](=O)[O-])cc1O2)C(F)(F)F. The third-order valence-corrected chi connectivity index (χ3v) is 3.05. The van der Waals surface area contributed by atoms with Crippen LogP contribution in [0.25, 0.3) is 0 Å². The number of carbonyl (C=O) groups excluding carboxylic acids is 1. The van der Waals surface area contributed by atoms with Gasteiger partial charge in [0, 0.05) is 6.07 Å². The number of fused-ring (bicyclic) bond motifs is 2. The first-order valence-electron chi connectivity index (χ1n) is 6.41. The second-order valence-electron chi connectivity index (χ2n) is 4.68. The summed E-state index contributed by atoms with van der Waals surface area (Å²) in [4.78, 5) is 21.2. The molecule has 0 saturated carbocycles. The molecular weight excluding hydrogens is 333 g/mol. The molecule has 0 radical (unpaired) electrons. The van der Waals surface area contributed by atoms with E-state index in [0.29, 0.717) is 0 Å². The fourth-order valence-corrected chi connectivity index (χ4v) is 2.00. The molecule has 0 unspecified atom stereocenters. The van der Waals surface area contributed by atoms with Crippen LogP contribution in [-0.2, 0) is 4.79 Å². The van der Waals surface area contributed by atoms with Gasteiger partial charge in [-0.2, -0.15) is 13.2 Å². The molecule has 0 fully saturated rings. The minimum atomic E-state index is -5.06. The van der Waals surface area contributed by atoms with Crippen molar-refractivity contribution in [2.45, 2.75) is 6.18 Å². The average molecular weight is 340 g/mol. The number of amides is 1. The number of nitrogens with zero attached hydrogens (tertiary/aromatic N) is 1. The highest BCUT2D eigenvalue weighted by molar-refractivity contribution is 5.96. The molecule has 1 heterocycles. The highest BCUT2D eigenvalue weighted by Gasteiger charge is 2.39. The maximum atomic E-state index is 12.4. The molecule has 2 aromatic rings. The molecule has 0 aromatic heterocycles. The van der Waals surface area contributed by atoms with E-state index in [9.17, 15) is 28.1 Å². The number of nitro groups is 1. The highest BCUT2D eigenvalue weighted by atomic mass is 19.4. The first-order valence-corrected chi connectivity index (χ1v) is 6.41. The molecule has 7 nitrogen and oxygen atoms in total. The molecule has 0 atom stereocenters. The third kappa shape index (κ3) is 2.81. The van der Waals surface area contributed by atoms with Gasteiger partial charge < -0.3 is 14.8 Å². The largest absolute Gasteiger partial charge is 0.471 e. The van der Waals surface area contributed by atoms with Gasteiger partial charge >= 0.3 is 12.1 Å². The molecule has 1 aliphatic heterocycles. The Morgan fingerprint density at radius 2 is 1.83 bits per heavy atom. The zero-order valence-electron chi connectivity index (χ0n) is 11.6. The van der Waals surface area contributed by atoms with Crippen molar-refractivity contribution in [3.63, 3.8) is 0 Å². The minimum Gasteiger partial charge on any atom is -0.449 e. The van der Waals surface area contributed by atoms with Gasteiger partial charge in [0.1, 0.15) is 0 Å². The zero-order valence-corrected chi connectivity index (χ0v) is 11.6. The van der Waals surface area contributed by atoms with Gasteiger partial charge in [-0.3, -0.25) is 14.9 Å². The molecule has 1 amide bonds. The number of carbonyl (C=O) groups is 1. The number of rotatable bonds is 2. The fourth-order valence-electron chi connectivity index (χ4n) is 2.00. The number of hydrogen-bond donors (Lipinski definition) is 1. The lowest BCUT2D eigenvalue weighted by Gasteiger charge is -2.22. The number of nitro benzene ring substituents is 1. The van der Waals surface area contributed by atoms with Gasteiger partial charge in [0.05, 0.1) is 16.7 Å². The van der Waals surface area contributed by atoms with Crippen molar-refractivity contribution in [1.82, 2.24) is 0 Å². The maximum Gasteiger partial charge on any atom is 0.471 e. The van der Waals surface area contributed by atoms with Gasteiger partial charge in [-0.15, -0.1) is 0 Å². The molecule has 124 valence electrons. The van der Waals surface area contributed by atoms with Crippen LogP contribution in [0.5, 0.6) is 23.0 Å². The van der Waals surface area contributed by atoms with Crippen LogP contribution >= 0.6 is 0 Å². The Morgan fingerprint density at radius 1 is 1.08 bits per heavy atom. The Bertz CT molecular complexity index is 851. The number of anilines is 1. The highest BCUT2D eigenvalue weighted by Crippen LogP contribution is 2.49. The van der Waals surface area contributed by atoms with Gasteiger partial charge in [-0.1, -0.05) is 6.07 Å². The number of alkyl halides is 3. The first-order chi connectivity index (χ1) is 11.3. The second-order valence-corrected chi connectivity index (χ2v) is 4.68. The van der Waals surface area contributed by atoms with Crippen LogP contribution in [0.15, 0.2) is 36.4 Å². The predicted octanol–water partition coefficient (Wildman–Crippen LogP) is 3.99. The monoisotopic (exact) mass is 340 g/mol. The van der Waals surface area contributed by atoms with Gasteiger partial charge in [-0.25, -0.2) is 0 Å². The van der Waals surface area contributed by atoms with Crippen LogP contribution in [0.3, 0.4) is 0 Å². The van der Waals surface area contributed by atoms with E-state index in [1.807, 2.05) is 0 Å². The van der Waals surface area contributed by atoms with Crippen LogP contribution in [-0.4, -0.2) is 17.0 Å². The van der Waals surface area contributed by atoms with E-state index in [1.54, 1.807) is 5.32 Å². The van der Waals surface area contributed by atoms with E-state index in [1.165, 1.54) is 24.3 Å². The van der Waals surface area contributed by atoms with Crippen LogP contribution in [0.1, 0.15) is 0 Å². The van der Waals surface area contributed by atoms with E-state index in [0.717, 1.165) is 12.1 Å². The average Bonchev–Trinajstić information content (AvgIpc) is 2.51. The summed E-state index contributed by atoms with van der Waals surface area (Å²) in [5, 5.41) is 12.5. The number of ether oxygens (including phenoxy) is 2. The number of benzene rings is 2. The molecule has 1 N–H and O–H groups in total. The summed E-state index contributed by atoms with van der Waals surface area (Å²) in [6.45, 7) is 0. The van der Waals surface area contributed by atoms with E-state index in [2.05, 4.69) is 0 Å². The number of para-hydroxylation sites is 1. The van der Waals surface area contributed by atoms with E-state index in [4.69, 9.17) is 9.47 Å². The molecule has 10 heteroatoms. The Hall–Kier alpha value is -3.30. The Labute approximate surface area is 131 Å². The molecule has 0 spiro atoms. The Balaban J connectivity index is 1.95. The summed E-state index contributed by atoms with van der Waals surface area (Å²) in [5.41, 5.74) is -0.471. The first kappa shape index (κ1) is 15.6. The Kier molecular flexibility index (Phi) is 3.51. The molecule has 0 bridgehead atoms. The summed E-state index contributed by atoms with van der Waals surface area (Å²) >= 11 is 0. The molecule has 2 aromatic carbocycles. The van der Waals surface area contributed by atoms with Crippen molar-refractivity contribution >= 4 is 17.3 Å². The van der Waals surface area contributed by atoms with E-state index >= 15 is 0 Å². The molecule has 0 aliphatic carbocycles. The number of hydrogen-bond acceptors (Lipinski definition) is 5. The van der Waals surface area contributed by atoms with Crippen molar-refractivity contribution in [3.8, 4) is 23.0 Å². The van der Waals surface area contributed by atoms with Crippen molar-refractivity contribution in [2.24, 2.45) is 0 Å². The topological polar surface area (TPSA) is 90.7 Å². The number of nitrogens with one attached hydrogen (secondary N) is 1. The van der Waals surface area contributed by atoms with Gasteiger partial charge in [0.2, 0.25) is 0 Å². The second kappa shape index (κ2) is 5.41. The predicted molar refractivity (Wildman–Crippen MR) is 74.4 cm³/mol. The molecule has 0 saturated heterocycles. The lowest BCUT2D eigenvalue weighted by molar-refractivity contribution is -0.384. The van der Waals surface area contributed by atoms with E-state index < -0.39 is 17.0 Å². The number of non-ortho nitro benzene ring substituents is 1. The summed E-state index contributed by atoms with van der Waals surface area (Å²) < 4.78 is 48.0. The quantitative estimate of drug-likeness (QED) is 0.562. The Morgan fingerprint density at radius 3 is 2.50 bits per heavy atom. The number of halogens is 3. The van der Waals surface area contributed by atoms with E-state index in [-0.39, 0.29) is 34.4 Å². The summed E-state index contributed by atoms with van der Waals surface area (Å²) in [7, 11) is 0.